The maximum atomic E-state index is 12.5. The minimum absolute atomic E-state index is 0.238. The van der Waals surface area contributed by atoms with Crippen LogP contribution in [0.1, 0.15) is 28.3 Å². The number of quaternary nitrogens is 1. The summed E-state index contributed by atoms with van der Waals surface area (Å²) in [5.41, 5.74) is 2.39. The lowest BCUT2D eigenvalue weighted by Crippen LogP contribution is -2.87. The van der Waals surface area contributed by atoms with Crippen molar-refractivity contribution in [3.63, 3.8) is 0 Å². The highest BCUT2D eigenvalue weighted by Gasteiger charge is 2.31. The molecule has 0 radical (unpaired) electrons. The largest absolute Gasteiger partial charge is 0.494 e. The van der Waals surface area contributed by atoms with Gasteiger partial charge in [0.05, 0.1) is 6.54 Å². The van der Waals surface area contributed by atoms with Gasteiger partial charge in [-0.2, -0.15) is 0 Å². The number of hydrogen-bond acceptors (Lipinski definition) is 3. The van der Waals surface area contributed by atoms with Crippen molar-refractivity contribution in [1.29, 1.82) is 0 Å². The molecule has 6 heteroatoms. The molecule has 0 aliphatic carbocycles. The number of aryl methyl sites for hydroxylation is 1. The van der Waals surface area contributed by atoms with Crippen LogP contribution in [0.2, 0.25) is 0 Å². The van der Waals surface area contributed by atoms with E-state index in [1.165, 1.54) is 10.1 Å². The SMILES string of the molecule is O=c1[nH]c(=O)n(CCc2ccccc2)c(O)c1[C@H]1[NH2+]CCc2ccccc21. The first-order valence-electron chi connectivity index (χ1n) is 9.16. The van der Waals surface area contributed by atoms with Crippen LogP contribution in [0.3, 0.4) is 0 Å². The molecule has 1 atom stereocenters. The zero-order chi connectivity index (χ0) is 18.8. The molecule has 1 aliphatic heterocycles. The van der Waals surface area contributed by atoms with Crippen LogP contribution in [0, 0.1) is 0 Å². The van der Waals surface area contributed by atoms with Crippen LogP contribution in [-0.4, -0.2) is 21.2 Å². The summed E-state index contributed by atoms with van der Waals surface area (Å²) in [6, 6.07) is 17.4. The van der Waals surface area contributed by atoms with E-state index in [0.717, 1.165) is 24.1 Å². The molecule has 4 N–H and O–H groups in total. The van der Waals surface area contributed by atoms with E-state index >= 15 is 0 Å². The van der Waals surface area contributed by atoms with Gasteiger partial charge in [0.2, 0.25) is 5.88 Å². The third kappa shape index (κ3) is 3.31. The Bertz CT molecular complexity index is 1070. The van der Waals surface area contributed by atoms with E-state index in [0.29, 0.717) is 13.0 Å². The molecule has 27 heavy (non-hydrogen) atoms. The molecular weight excluding hydrogens is 342 g/mol. The standard InChI is InChI=1S/C21H21N3O3/c25-19-17(18-16-9-5-4-8-15(16)10-12-22-18)20(26)24(21(27)23-19)13-11-14-6-2-1-3-7-14/h1-9,18,22,26H,10-13H2,(H,23,25,27)/p+1/t18-/m0/s1. The Balaban J connectivity index is 1.74. The molecule has 0 unspecified atom stereocenters. The number of H-pyrrole nitrogens is 1. The van der Waals surface area contributed by atoms with Gasteiger partial charge >= 0.3 is 5.69 Å². The van der Waals surface area contributed by atoms with Crippen molar-refractivity contribution in [3.8, 4) is 5.88 Å². The Labute approximate surface area is 156 Å². The van der Waals surface area contributed by atoms with Gasteiger partial charge in [-0.05, 0) is 17.5 Å². The normalized spacial score (nSPS) is 16.1. The molecule has 2 aromatic carbocycles. The lowest BCUT2D eigenvalue weighted by Gasteiger charge is -2.24. The van der Waals surface area contributed by atoms with Gasteiger partial charge in [-0.15, -0.1) is 0 Å². The van der Waals surface area contributed by atoms with Crippen molar-refractivity contribution in [2.24, 2.45) is 0 Å². The highest BCUT2D eigenvalue weighted by atomic mass is 16.3. The molecule has 0 saturated carbocycles. The van der Waals surface area contributed by atoms with E-state index in [1.807, 2.05) is 59.9 Å². The number of nitrogens with zero attached hydrogens (tertiary/aromatic N) is 1. The molecule has 4 rings (SSSR count). The summed E-state index contributed by atoms with van der Waals surface area (Å²) < 4.78 is 1.26. The van der Waals surface area contributed by atoms with Crippen LogP contribution in [0.4, 0.5) is 0 Å². The van der Waals surface area contributed by atoms with Gasteiger partial charge in [0.1, 0.15) is 11.6 Å². The molecule has 0 amide bonds. The summed E-state index contributed by atoms with van der Waals surface area (Å²) in [7, 11) is 0. The second-order valence-electron chi connectivity index (χ2n) is 6.83. The number of benzene rings is 2. The number of fused-ring (bicyclic) bond motifs is 1. The highest BCUT2D eigenvalue weighted by molar-refractivity contribution is 5.39. The Morgan fingerprint density at radius 3 is 2.63 bits per heavy atom. The smallest absolute Gasteiger partial charge is 0.331 e. The van der Waals surface area contributed by atoms with Crippen molar-refractivity contribution < 1.29 is 10.4 Å². The average Bonchev–Trinajstić information content (AvgIpc) is 2.68. The van der Waals surface area contributed by atoms with Crippen LogP contribution >= 0.6 is 0 Å². The van der Waals surface area contributed by atoms with E-state index in [-0.39, 0.29) is 17.5 Å². The maximum Gasteiger partial charge on any atom is 0.331 e. The zero-order valence-corrected chi connectivity index (χ0v) is 14.9. The summed E-state index contributed by atoms with van der Waals surface area (Å²) in [6.45, 7) is 1.12. The van der Waals surface area contributed by atoms with Gasteiger partial charge in [-0.25, -0.2) is 4.79 Å². The minimum Gasteiger partial charge on any atom is -0.494 e. The minimum atomic E-state index is -0.582. The zero-order valence-electron chi connectivity index (χ0n) is 14.9. The molecule has 3 aromatic rings. The third-order valence-electron chi connectivity index (χ3n) is 5.19. The summed E-state index contributed by atoms with van der Waals surface area (Å²) in [6.07, 6.45) is 1.50. The van der Waals surface area contributed by atoms with E-state index in [2.05, 4.69) is 4.98 Å². The van der Waals surface area contributed by atoms with Crippen molar-refractivity contribution in [1.82, 2.24) is 9.55 Å². The van der Waals surface area contributed by atoms with Crippen molar-refractivity contribution in [3.05, 3.63) is 97.7 Å². The van der Waals surface area contributed by atoms with Gasteiger partial charge in [-0.3, -0.25) is 14.3 Å². The number of nitrogens with one attached hydrogen (secondary N) is 1. The Morgan fingerprint density at radius 1 is 1.07 bits per heavy atom. The third-order valence-corrected chi connectivity index (χ3v) is 5.19. The molecule has 0 bridgehead atoms. The Morgan fingerprint density at radius 2 is 1.81 bits per heavy atom. The van der Waals surface area contributed by atoms with Crippen LogP contribution in [0.25, 0.3) is 0 Å². The maximum absolute atomic E-state index is 12.5. The van der Waals surface area contributed by atoms with E-state index < -0.39 is 11.2 Å². The van der Waals surface area contributed by atoms with Crippen LogP contribution in [-0.2, 0) is 19.4 Å². The fourth-order valence-electron chi connectivity index (χ4n) is 3.82. The lowest BCUT2D eigenvalue weighted by atomic mass is 9.90. The Hall–Kier alpha value is -3.12. The number of aromatic amines is 1. The summed E-state index contributed by atoms with van der Waals surface area (Å²) in [4.78, 5) is 27.2. The van der Waals surface area contributed by atoms with Crippen LogP contribution < -0.4 is 16.6 Å². The predicted molar refractivity (Wildman–Crippen MR) is 102 cm³/mol. The van der Waals surface area contributed by atoms with E-state index in [9.17, 15) is 14.7 Å². The summed E-state index contributed by atoms with van der Waals surface area (Å²) >= 11 is 0. The molecule has 0 spiro atoms. The fourth-order valence-corrected chi connectivity index (χ4v) is 3.82. The molecule has 0 fully saturated rings. The molecule has 1 aliphatic rings. The number of aromatic nitrogens is 2. The quantitative estimate of drug-likeness (QED) is 0.636. The van der Waals surface area contributed by atoms with Gasteiger partial charge in [0, 0.05) is 18.5 Å². The Kier molecular flexibility index (Phi) is 4.64. The molecule has 1 aromatic heterocycles. The predicted octanol–water partition coefficient (Wildman–Crippen LogP) is 0.694. The molecule has 138 valence electrons. The van der Waals surface area contributed by atoms with E-state index in [4.69, 9.17) is 0 Å². The fraction of sp³-hybridized carbons (Fsp3) is 0.238. The van der Waals surface area contributed by atoms with Crippen molar-refractivity contribution >= 4 is 0 Å². The topological polar surface area (TPSA) is 91.7 Å². The molecular formula is C21H22N3O3+. The second-order valence-corrected chi connectivity index (χ2v) is 6.83. The molecule has 6 nitrogen and oxygen atoms in total. The molecule has 2 heterocycles. The van der Waals surface area contributed by atoms with Gasteiger partial charge in [0.25, 0.3) is 5.56 Å². The van der Waals surface area contributed by atoms with Crippen LogP contribution in [0.15, 0.2) is 64.2 Å². The summed E-state index contributed by atoms with van der Waals surface area (Å²) in [5.74, 6) is -0.238. The van der Waals surface area contributed by atoms with Crippen LogP contribution in [0.5, 0.6) is 5.88 Å². The first kappa shape index (κ1) is 17.3. The number of aromatic hydroxyl groups is 1. The number of nitrogens with two attached hydrogens (primary N) is 1. The highest BCUT2D eigenvalue weighted by Crippen LogP contribution is 2.27. The monoisotopic (exact) mass is 364 g/mol. The summed E-state index contributed by atoms with van der Waals surface area (Å²) in [5, 5.41) is 12.9. The van der Waals surface area contributed by atoms with Crippen molar-refractivity contribution in [2.45, 2.75) is 25.4 Å². The number of rotatable bonds is 4. The lowest BCUT2D eigenvalue weighted by molar-refractivity contribution is -0.690. The second kappa shape index (κ2) is 7.25. The van der Waals surface area contributed by atoms with Gasteiger partial charge in [0.15, 0.2) is 0 Å². The van der Waals surface area contributed by atoms with E-state index in [1.54, 1.807) is 0 Å². The first-order chi connectivity index (χ1) is 13.1. The average molecular weight is 364 g/mol. The van der Waals surface area contributed by atoms with Gasteiger partial charge < -0.3 is 10.4 Å². The van der Waals surface area contributed by atoms with Gasteiger partial charge in [-0.1, -0.05) is 54.6 Å². The molecule has 0 saturated heterocycles. The van der Waals surface area contributed by atoms with Crippen molar-refractivity contribution in [2.75, 3.05) is 6.54 Å². The number of hydrogen-bond donors (Lipinski definition) is 3. The first-order valence-corrected chi connectivity index (χ1v) is 9.16.